The minimum atomic E-state index is -0.482. The molecular weight excluding hydrogens is 256 g/mol. The zero-order chi connectivity index (χ0) is 13.4. The summed E-state index contributed by atoms with van der Waals surface area (Å²) in [5.41, 5.74) is 0.172. The van der Waals surface area contributed by atoms with Gasteiger partial charge in [0.25, 0.3) is 0 Å². The molecule has 0 aromatic rings. The van der Waals surface area contributed by atoms with E-state index in [0.29, 0.717) is 11.5 Å². The summed E-state index contributed by atoms with van der Waals surface area (Å²) in [5.74, 6) is 3.06. The Morgan fingerprint density at radius 2 is 2.11 bits per heavy atom. The van der Waals surface area contributed by atoms with Gasteiger partial charge >= 0.3 is 0 Å². The second-order valence-electron chi connectivity index (χ2n) is 7.52. The highest BCUT2D eigenvalue weighted by Crippen LogP contribution is 2.72. The van der Waals surface area contributed by atoms with Gasteiger partial charge in [0, 0.05) is 4.75 Å². The van der Waals surface area contributed by atoms with Crippen molar-refractivity contribution < 1.29 is 9.90 Å². The number of hydrogen-bond donors (Lipinski definition) is 1. The molecule has 19 heavy (non-hydrogen) atoms. The van der Waals surface area contributed by atoms with Crippen LogP contribution in [-0.2, 0) is 4.79 Å². The van der Waals surface area contributed by atoms with Gasteiger partial charge in [-0.2, -0.15) is 0 Å². The molecule has 4 bridgehead atoms. The Balaban J connectivity index is 1.71. The Morgan fingerprint density at radius 3 is 2.84 bits per heavy atom. The average Bonchev–Trinajstić information content (AvgIpc) is 2.41. The van der Waals surface area contributed by atoms with Gasteiger partial charge in [-0.25, -0.2) is 0 Å². The summed E-state index contributed by atoms with van der Waals surface area (Å²) in [6, 6.07) is 0. The van der Waals surface area contributed by atoms with Gasteiger partial charge in [-0.3, -0.25) is 4.79 Å². The fourth-order valence-electron chi connectivity index (χ4n) is 5.75. The Bertz CT molecular complexity index is 473. The Morgan fingerprint density at radius 1 is 1.37 bits per heavy atom. The Hall–Kier alpha value is -0.280. The zero-order valence-electron chi connectivity index (χ0n) is 11.5. The van der Waals surface area contributed by atoms with Crippen LogP contribution in [0.4, 0.5) is 0 Å². The first-order valence-electron chi connectivity index (χ1n) is 7.54. The smallest absolute Gasteiger partial charge is 0.215 e. The first kappa shape index (κ1) is 12.5. The van der Waals surface area contributed by atoms with Crippen molar-refractivity contribution in [3.8, 4) is 0 Å². The highest BCUT2D eigenvalue weighted by atomic mass is 32.2. The van der Waals surface area contributed by atoms with Crippen molar-refractivity contribution in [1.29, 1.82) is 0 Å². The molecule has 6 atom stereocenters. The van der Waals surface area contributed by atoms with Gasteiger partial charge in [-0.05, 0) is 74.7 Å². The lowest BCUT2D eigenvalue weighted by atomic mass is 9.62. The maximum atomic E-state index is 12.2. The van der Waals surface area contributed by atoms with Crippen LogP contribution in [0.25, 0.3) is 0 Å². The molecular formula is C16H22O2S. The summed E-state index contributed by atoms with van der Waals surface area (Å²) < 4.78 is 0.0314. The summed E-state index contributed by atoms with van der Waals surface area (Å²) in [4.78, 5) is 12.2. The minimum Gasteiger partial charge on any atom is -0.390 e. The summed E-state index contributed by atoms with van der Waals surface area (Å²) in [6.45, 7) is 5.61. The number of carbonyl (C=O) groups excluding carboxylic acids is 1. The minimum absolute atomic E-state index is 0.0314. The van der Waals surface area contributed by atoms with Crippen LogP contribution in [0.3, 0.4) is 0 Å². The van der Waals surface area contributed by atoms with E-state index < -0.39 is 5.60 Å². The van der Waals surface area contributed by atoms with Gasteiger partial charge in [0.15, 0.2) is 0 Å². The quantitative estimate of drug-likeness (QED) is 0.788. The molecule has 1 N–H and O–H groups in total. The Kier molecular flexibility index (Phi) is 2.41. The van der Waals surface area contributed by atoms with E-state index in [0.717, 1.165) is 49.9 Å². The molecule has 5 fully saturated rings. The van der Waals surface area contributed by atoms with Crippen LogP contribution in [0.15, 0.2) is 12.2 Å². The van der Waals surface area contributed by atoms with E-state index in [4.69, 9.17) is 0 Å². The van der Waals surface area contributed by atoms with Crippen LogP contribution in [0.2, 0.25) is 0 Å². The van der Waals surface area contributed by atoms with E-state index in [2.05, 4.69) is 6.58 Å². The standard InChI is InChI=1S/C16H22O2S/c1-9(2)14(17)19-16-7-11-5-10-6-15(18,8-16)4-3-12(16)13(10)11/h10-13,18H,1,3-8H2,2H3. The molecule has 0 aromatic carbocycles. The van der Waals surface area contributed by atoms with Gasteiger partial charge < -0.3 is 5.11 Å². The van der Waals surface area contributed by atoms with E-state index >= 15 is 0 Å². The molecule has 0 saturated heterocycles. The molecule has 0 aromatic heterocycles. The molecule has 3 heteroatoms. The lowest BCUT2D eigenvalue weighted by Crippen LogP contribution is -2.46. The van der Waals surface area contributed by atoms with Gasteiger partial charge in [-0.15, -0.1) is 0 Å². The van der Waals surface area contributed by atoms with E-state index in [9.17, 15) is 9.90 Å². The molecule has 0 heterocycles. The molecule has 0 amide bonds. The highest BCUT2D eigenvalue weighted by molar-refractivity contribution is 8.15. The van der Waals surface area contributed by atoms with E-state index in [1.54, 1.807) is 0 Å². The van der Waals surface area contributed by atoms with Crippen LogP contribution < -0.4 is 0 Å². The first-order valence-corrected chi connectivity index (χ1v) is 8.35. The SMILES string of the molecule is C=C(C)C(=O)SC12CC3CC4CC(O)(CCC1C43)C2. The van der Waals surface area contributed by atoms with Crippen molar-refractivity contribution >= 4 is 16.9 Å². The fourth-order valence-corrected chi connectivity index (χ4v) is 7.36. The maximum Gasteiger partial charge on any atom is 0.215 e. The molecule has 0 spiro atoms. The van der Waals surface area contributed by atoms with Crippen LogP contribution in [-0.4, -0.2) is 20.6 Å². The number of thioether (sulfide) groups is 1. The van der Waals surface area contributed by atoms with Crippen molar-refractivity contribution in [3.05, 3.63) is 12.2 Å². The third-order valence-electron chi connectivity index (χ3n) is 6.28. The Labute approximate surface area is 119 Å². The third-order valence-corrected chi connectivity index (χ3v) is 7.83. The second kappa shape index (κ2) is 3.67. The molecule has 5 rings (SSSR count). The molecule has 5 aliphatic carbocycles. The summed E-state index contributed by atoms with van der Waals surface area (Å²) in [6.07, 6.45) is 6.38. The molecule has 5 aliphatic rings. The molecule has 104 valence electrons. The number of fused-ring (bicyclic) bond motifs is 1. The predicted molar refractivity (Wildman–Crippen MR) is 76.8 cm³/mol. The summed E-state index contributed by atoms with van der Waals surface area (Å²) in [7, 11) is 0. The lowest BCUT2D eigenvalue weighted by Gasteiger charge is -2.46. The molecule has 5 saturated carbocycles. The van der Waals surface area contributed by atoms with Gasteiger partial charge in [0.05, 0.1) is 5.60 Å². The summed E-state index contributed by atoms with van der Waals surface area (Å²) >= 11 is 1.52. The number of rotatable bonds is 2. The average molecular weight is 278 g/mol. The molecule has 0 aliphatic heterocycles. The monoisotopic (exact) mass is 278 g/mol. The van der Waals surface area contributed by atoms with E-state index in [1.807, 2.05) is 6.92 Å². The topological polar surface area (TPSA) is 37.3 Å². The molecule has 0 radical (unpaired) electrons. The predicted octanol–water partition coefficient (Wildman–Crippen LogP) is 3.15. The van der Waals surface area contributed by atoms with Crippen molar-refractivity contribution in [2.75, 3.05) is 0 Å². The van der Waals surface area contributed by atoms with E-state index in [1.165, 1.54) is 18.2 Å². The lowest BCUT2D eigenvalue weighted by molar-refractivity contribution is -0.108. The second-order valence-corrected chi connectivity index (χ2v) is 8.91. The van der Waals surface area contributed by atoms with Crippen molar-refractivity contribution in [3.63, 3.8) is 0 Å². The number of hydrogen-bond acceptors (Lipinski definition) is 3. The largest absolute Gasteiger partial charge is 0.390 e. The molecule has 6 unspecified atom stereocenters. The van der Waals surface area contributed by atoms with Crippen LogP contribution in [0, 0.1) is 23.7 Å². The van der Waals surface area contributed by atoms with Gasteiger partial charge in [0.2, 0.25) is 5.12 Å². The van der Waals surface area contributed by atoms with Crippen molar-refractivity contribution in [2.45, 2.75) is 55.8 Å². The van der Waals surface area contributed by atoms with Gasteiger partial charge in [-0.1, -0.05) is 18.3 Å². The summed E-state index contributed by atoms with van der Waals surface area (Å²) in [5, 5.41) is 11.0. The van der Waals surface area contributed by atoms with Crippen molar-refractivity contribution in [1.82, 2.24) is 0 Å². The van der Waals surface area contributed by atoms with E-state index in [-0.39, 0.29) is 9.86 Å². The zero-order valence-corrected chi connectivity index (χ0v) is 12.3. The fraction of sp³-hybridized carbons (Fsp3) is 0.812. The van der Waals surface area contributed by atoms with Crippen LogP contribution in [0.1, 0.15) is 45.4 Å². The highest BCUT2D eigenvalue weighted by Gasteiger charge is 2.68. The third kappa shape index (κ3) is 1.58. The van der Waals surface area contributed by atoms with Crippen molar-refractivity contribution in [2.24, 2.45) is 23.7 Å². The number of carbonyl (C=O) groups is 1. The maximum absolute atomic E-state index is 12.2. The van der Waals surface area contributed by atoms with Gasteiger partial charge in [0.1, 0.15) is 0 Å². The number of aliphatic hydroxyl groups is 1. The first-order chi connectivity index (χ1) is 8.92. The normalized spacial score (nSPS) is 53.6. The van der Waals surface area contributed by atoms with Crippen LogP contribution in [0.5, 0.6) is 0 Å². The van der Waals surface area contributed by atoms with Crippen LogP contribution >= 0.6 is 11.8 Å². The molecule has 2 nitrogen and oxygen atoms in total.